The van der Waals surface area contributed by atoms with Gasteiger partial charge in [-0.25, -0.2) is 0 Å². The van der Waals surface area contributed by atoms with E-state index in [4.69, 9.17) is 9.47 Å². The minimum absolute atomic E-state index is 0.0903. The monoisotopic (exact) mass is 397 g/mol. The van der Waals surface area contributed by atoms with E-state index in [0.29, 0.717) is 29.2 Å². The number of hydrogen-bond donors (Lipinski definition) is 0. The molecule has 0 N–H and O–H groups in total. The Morgan fingerprint density at radius 1 is 1.14 bits per heavy atom. The van der Waals surface area contributed by atoms with Crippen LogP contribution in [-0.2, 0) is 6.54 Å². The second-order valence-corrected chi connectivity index (χ2v) is 7.45. The van der Waals surface area contributed by atoms with Gasteiger partial charge >= 0.3 is 0 Å². The Morgan fingerprint density at radius 3 is 2.64 bits per heavy atom. The molecule has 0 unspecified atom stereocenters. The molecule has 28 heavy (non-hydrogen) atoms. The van der Waals surface area contributed by atoms with Crippen LogP contribution in [0.2, 0.25) is 0 Å². The molecule has 3 rings (SSSR count). The fourth-order valence-electron chi connectivity index (χ4n) is 3.09. The van der Waals surface area contributed by atoms with Gasteiger partial charge < -0.3 is 14.0 Å². The molecule has 0 bridgehead atoms. The molecule has 2 heterocycles. The van der Waals surface area contributed by atoms with Crippen molar-refractivity contribution < 1.29 is 19.1 Å². The molecule has 0 saturated heterocycles. The van der Waals surface area contributed by atoms with Gasteiger partial charge in [0.2, 0.25) is 5.78 Å². The van der Waals surface area contributed by atoms with Crippen LogP contribution in [0.3, 0.4) is 0 Å². The lowest BCUT2D eigenvalue weighted by molar-refractivity contribution is 0.0917. The molecule has 3 aromatic rings. The van der Waals surface area contributed by atoms with E-state index >= 15 is 0 Å². The summed E-state index contributed by atoms with van der Waals surface area (Å²) in [6.45, 7) is 6.91. The van der Waals surface area contributed by atoms with Gasteiger partial charge in [0.1, 0.15) is 6.29 Å². The topological polar surface area (TPSA) is 57.5 Å². The molecule has 0 amide bonds. The number of aromatic nitrogens is 1. The van der Waals surface area contributed by atoms with Crippen molar-refractivity contribution in [3.63, 3.8) is 0 Å². The highest BCUT2D eigenvalue weighted by Gasteiger charge is 2.17. The second kappa shape index (κ2) is 8.89. The minimum Gasteiger partial charge on any atom is -0.490 e. The Bertz CT molecular complexity index is 973. The van der Waals surface area contributed by atoms with Crippen LogP contribution in [0.5, 0.6) is 11.5 Å². The summed E-state index contributed by atoms with van der Waals surface area (Å²) < 4.78 is 13.4. The van der Waals surface area contributed by atoms with Crippen LogP contribution in [0.15, 0.2) is 41.8 Å². The van der Waals surface area contributed by atoms with Crippen molar-refractivity contribution in [2.24, 2.45) is 0 Å². The minimum atomic E-state index is -0.0934. The van der Waals surface area contributed by atoms with Gasteiger partial charge in [-0.3, -0.25) is 9.59 Å². The van der Waals surface area contributed by atoms with Crippen LogP contribution in [0.25, 0.3) is 0 Å². The van der Waals surface area contributed by atoms with Gasteiger partial charge in [0.25, 0.3) is 0 Å². The average molecular weight is 397 g/mol. The molecule has 5 nitrogen and oxygen atoms in total. The van der Waals surface area contributed by atoms with Crippen molar-refractivity contribution >= 4 is 23.4 Å². The number of ether oxygens (including phenoxy) is 2. The zero-order valence-corrected chi connectivity index (χ0v) is 17.0. The lowest BCUT2D eigenvalue weighted by Gasteiger charge is -2.12. The highest BCUT2D eigenvalue weighted by molar-refractivity contribution is 7.09. The van der Waals surface area contributed by atoms with Crippen LogP contribution >= 0.6 is 11.3 Å². The van der Waals surface area contributed by atoms with Crippen molar-refractivity contribution in [2.45, 2.75) is 27.3 Å². The highest BCUT2D eigenvalue weighted by atomic mass is 32.1. The third-order valence-electron chi connectivity index (χ3n) is 4.53. The third-order valence-corrected chi connectivity index (χ3v) is 5.39. The maximum atomic E-state index is 12.8. The van der Waals surface area contributed by atoms with Crippen molar-refractivity contribution in [3.05, 3.63) is 69.2 Å². The van der Waals surface area contributed by atoms with Gasteiger partial charge in [-0.15, -0.1) is 11.3 Å². The van der Waals surface area contributed by atoms with Gasteiger partial charge in [-0.2, -0.15) is 0 Å². The quantitative estimate of drug-likeness (QED) is 0.388. The number of carbonyl (C=O) groups is 2. The summed E-state index contributed by atoms with van der Waals surface area (Å²) in [7, 11) is 0. The number of ketones is 1. The summed E-state index contributed by atoms with van der Waals surface area (Å²) in [4.78, 5) is 25.0. The number of aryl methyl sites for hydroxylation is 1. The molecule has 2 aromatic heterocycles. The van der Waals surface area contributed by atoms with Crippen LogP contribution < -0.4 is 9.47 Å². The predicted octanol–water partition coefficient (Wildman–Crippen LogP) is 4.69. The number of rotatable bonds is 9. The lowest BCUT2D eigenvalue weighted by Crippen LogP contribution is -2.13. The summed E-state index contributed by atoms with van der Waals surface area (Å²) in [5.74, 6) is 0.823. The van der Waals surface area contributed by atoms with E-state index in [0.717, 1.165) is 24.2 Å². The number of Topliss-reactive ketones (excluding diaryl/α,β-unsaturated/α-hetero) is 1. The Kier molecular flexibility index (Phi) is 6.31. The second-order valence-electron chi connectivity index (χ2n) is 6.42. The molecular formula is C22H23NO4S. The molecule has 0 aliphatic rings. The first kappa shape index (κ1) is 19.9. The molecule has 0 aliphatic heterocycles. The van der Waals surface area contributed by atoms with E-state index < -0.39 is 0 Å². The van der Waals surface area contributed by atoms with Crippen LogP contribution in [0.4, 0.5) is 0 Å². The van der Waals surface area contributed by atoms with E-state index in [1.807, 2.05) is 32.9 Å². The smallest absolute Gasteiger partial charge is 0.202 e. The van der Waals surface area contributed by atoms with E-state index in [9.17, 15) is 9.59 Å². The largest absolute Gasteiger partial charge is 0.490 e. The van der Waals surface area contributed by atoms with E-state index in [-0.39, 0.29) is 12.4 Å². The van der Waals surface area contributed by atoms with Crippen LogP contribution in [0, 0.1) is 13.8 Å². The molecule has 0 fully saturated rings. The standard InChI is InChI=1S/C22H23NO4S/c1-4-26-22-11-17(13-24)7-8-21(22)27-14-20(25)19-10-15(2)23(16(19)3)12-18-6-5-9-28-18/h5-11,13H,4,12,14H2,1-3H3. The summed E-state index contributed by atoms with van der Waals surface area (Å²) >= 11 is 1.70. The summed E-state index contributed by atoms with van der Waals surface area (Å²) in [6.07, 6.45) is 0.750. The molecule has 0 spiro atoms. The Hall–Kier alpha value is -2.86. The first-order valence-corrected chi connectivity index (χ1v) is 9.98. The maximum absolute atomic E-state index is 12.8. The average Bonchev–Trinajstić information content (AvgIpc) is 3.30. The molecule has 6 heteroatoms. The number of benzene rings is 1. The van der Waals surface area contributed by atoms with Gasteiger partial charge in [0, 0.05) is 27.4 Å². The highest BCUT2D eigenvalue weighted by Crippen LogP contribution is 2.28. The van der Waals surface area contributed by atoms with E-state index in [1.165, 1.54) is 4.88 Å². The van der Waals surface area contributed by atoms with E-state index in [2.05, 4.69) is 16.0 Å². The molecular weight excluding hydrogens is 374 g/mol. The summed E-state index contributed by atoms with van der Waals surface area (Å²) in [6, 6.07) is 10.9. The maximum Gasteiger partial charge on any atom is 0.202 e. The zero-order chi connectivity index (χ0) is 20.1. The van der Waals surface area contributed by atoms with Crippen molar-refractivity contribution in [1.82, 2.24) is 4.57 Å². The lowest BCUT2D eigenvalue weighted by atomic mass is 10.1. The van der Waals surface area contributed by atoms with E-state index in [1.54, 1.807) is 29.5 Å². The Balaban J connectivity index is 1.74. The SMILES string of the molecule is CCOc1cc(C=O)ccc1OCC(=O)c1cc(C)n(Cc2cccs2)c1C. The Morgan fingerprint density at radius 2 is 1.96 bits per heavy atom. The molecule has 146 valence electrons. The number of hydrogen-bond acceptors (Lipinski definition) is 5. The molecule has 0 aliphatic carbocycles. The normalized spacial score (nSPS) is 10.7. The third kappa shape index (κ3) is 4.34. The van der Waals surface area contributed by atoms with Gasteiger partial charge in [-0.1, -0.05) is 6.07 Å². The predicted molar refractivity (Wildman–Crippen MR) is 110 cm³/mol. The molecule has 0 radical (unpaired) electrons. The number of aldehydes is 1. The molecule has 0 saturated carbocycles. The molecule has 0 atom stereocenters. The van der Waals surface area contributed by atoms with Crippen LogP contribution in [0.1, 0.15) is 43.9 Å². The van der Waals surface area contributed by atoms with Gasteiger partial charge in [-0.05, 0) is 56.5 Å². The van der Waals surface area contributed by atoms with Crippen molar-refractivity contribution in [1.29, 1.82) is 0 Å². The fourth-order valence-corrected chi connectivity index (χ4v) is 3.78. The summed E-state index contributed by atoms with van der Waals surface area (Å²) in [5, 5.41) is 2.05. The first-order valence-electron chi connectivity index (χ1n) is 9.10. The number of nitrogens with zero attached hydrogens (tertiary/aromatic N) is 1. The first-order chi connectivity index (χ1) is 13.5. The van der Waals surface area contributed by atoms with Crippen molar-refractivity contribution in [2.75, 3.05) is 13.2 Å². The molecule has 1 aromatic carbocycles. The number of carbonyl (C=O) groups excluding carboxylic acids is 2. The van der Waals surface area contributed by atoms with Crippen molar-refractivity contribution in [3.8, 4) is 11.5 Å². The van der Waals surface area contributed by atoms with Gasteiger partial charge in [0.05, 0.1) is 13.2 Å². The van der Waals surface area contributed by atoms with Crippen LogP contribution in [-0.4, -0.2) is 29.9 Å². The Labute approximate surface area is 168 Å². The number of thiophene rings is 1. The zero-order valence-electron chi connectivity index (χ0n) is 16.2. The fraction of sp³-hybridized carbons (Fsp3) is 0.273. The summed E-state index contributed by atoms with van der Waals surface area (Å²) in [5.41, 5.74) is 3.14. The van der Waals surface area contributed by atoms with Gasteiger partial charge in [0.15, 0.2) is 18.1 Å².